The van der Waals surface area contributed by atoms with E-state index in [0.717, 1.165) is 6.54 Å². The van der Waals surface area contributed by atoms with Gasteiger partial charge in [-0.2, -0.15) is 0 Å². The molecule has 0 radical (unpaired) electrons. The Labute approximate surface area is 56.3 Å². The third-order valence-electron chi connectivity index (χ3n) is 1.81. The maximum absolute atomic E-state index is 8.86. The van der Waals surface area contributed by atoms with E-state index in [2.05, 4.69) is 5.32 Å². The maximum Gasteiger partial charge on any atom is 0.0636 e. The molecule has 0 saturated heterocycles. The van der Waals surface area contributed by atoms with E-state index in [9.17, 15) is 0 Å². The summed E-state index contributed by atoms with van der Waals surface area (Å²) < 4.78 is 0. The largest absolute Gasteiger partial charge is 0.392 e. The van der Waals surface area contributed by atoms with Crippen molar-refractivity contribution in [2.45, 2.75) is 38.3 Å². The fraction of sp³-hybridized carbons (Fsp3) is 1.00. The Morgan fingerprint density at radius 1 is 1.67 bits per heavy atom. The SMILES string of the molecule is CC(O)CNC1CCC1. The van der Waals surface area contributed by atoms with Crippen LogP contribution in [0.1, 0.15) is 26.2 Å². The molecule has 2 nitrogen and oxygen atoms in total. The van der Waals surface area contributed by atoms with Gasteiger partial charge in [0, 0.05) is 12.6 Å². The molecule has 0 amide bonds. The van der Waals surface area contributed by atoms with Crippen molar-refractivity contribution in [1.29, 1.82) is 0 Å². The lowest BCUT2D eigenvalue weighted by Gasteiger charge is -2.27. The lowest BCUT2D eigenvalue weighted by atomic mass is 9.93. The van der Waals surface area contributed by atoms with Crippen LogP contribution in [0.25, 0.3) is 0 Å². The number of aliphatic hydroxyl groups excluding tert-OH is 1. The number of hydrogen-bond acceptors (Lipinski definition) is 2. The molecule has 2 N–H and O–H groups in total. The number of hydrogen-bond donors (Lipinski definition) is 2. The number of nitrogens with one attached hydrogen (secondary N) is 1. The summed E-state index contributed by atoms with van der Waals surface area (Å²) in [6.07, 6.45) is 3.77. The molecule has 0 heterocycles. The summed E-state index contributed by atoms with van der Waals surface area (Å²) in [4.78, 5) is 0. The summed E-state index contributed by atoms with van der Waals surface area (Å²) in [6, 6.07) is 0.708. The van der Waals surface area contributed by atoms with E-state index in [1.807, 2.05) is 6.92 Å². The Bertz CT molecular complexity index is 79.0. The molecular weight excluding hydrogens is 114 g/mol. The smallest absolute Gasteiger partial charge is 0.0636 e. The predicted molar refractivity (Wildman–Crippen MR) is 37.3 cm³/mol. The van der Waals surface area contributed by atoms with Crippen molar-refractivity contribution in [3.63, 3.8) is 0 Å². The van der Waals surface area contributed by atoms with Crippen molar-refractivity contribution in [2.75, 3.05) is 6.54 Å². The maximum atomic E-state index is 8.86. The molecule has 1 rings (SSSR count). The second-order valence-electron chi connectivity index (χ2n) is 2.89. The molecule has 0 aromatic heterocycles. The molecule has 0 aliphatic heterocycles. The Balaban J connectivity index is 1.91. The van der Waals surface area contributed by atoms with Crippen molar-refractivity contribution in [3.05, 3.63) is 0 Å². The van der Waals surface area contributed by atoms with Gasteiger partial charge in [0.15, 0.2) is 0 Å². The first-order valence-electron chi connectivity index (χ1n) is 3.70. The minimum atomic E-state index is -0.189. The second-order valence-corrected chi connectivity index (χ2v) is 2.89. The Morgan fingerprint density at radius 3 is 2.67 bits per heavy atom. The average Bonchev–Trinajstić information content (AvgIpc) is 1.60. The van der Waals surface area contributed by atoms with Crippen molar-refractivity contribution in [1.82, 2.24) is 5.32 Å². The van der Waals surface area contributed by atoms with Gasteiger partial charge in [-0.15, -0.1) is 0 Å². The molecule has 54 valence electrons. The van der Waals surface area contributed by atoms with Crippen molar-refractivity contribution in [2.24, 2.45) is 0 Å². The van der Waals surface area contributed by atoms with Gasteiger partial charge < -0.3 is 10.4 Å². The van der Waals surface area contributed by atoms with E-state index in [0.29, 0.717) is 6.04 Å². The minimum absolute atomic E-state index is 0.189. The highest BCUT2D eigenvalue weighted by Gasteiger charge is 2.16. The summed E-state index contributed by atoms with van der Waals surface area (Å²) in [5.74, 6) is 0. The molecule has 1 fully saturated rings. The summed E-state index contributed by atoms with van der Waals surface area (Å²) >= 11 is 0. The molecule has 1 atom stereocenters. The van der Waals surface area contributed by atoms with Crippen LogP contribution in [0.2, 0.25) is 0 Å². The highest BCUT2D eigenvalue weighted by atomic mass is 16.3. The molecule has 9 heavy (non-hydrogen) atoms. The van der Waals surface area contributed by atoms with Gasteiger partial charge in [0.05, 0.1) is 6.10 Å². The molecule has 0 bridgehead atoms. The van der Waals surface area contributed by atoms with Crippen molar-refractivity contribution in [3.8, 4) is 0 Å². The second kappa shape index (κ2) is 3.18. The topological polar surface area (TPSA) is 32.3 Å². The van der Waals surface area contributed by atoms with Crippen LogP contribution in [0.15, 0.2) is 0 Å². The normalized spacial score (nSPS) is 23.3. The molecule has 0 aromatic rings. The van der Waals surface area contributed by atoms with Crippen LogP contribution in [0.3, 0.4) is 0 Å². The summed E-state index contributed by atoms with van der Waals surface area (Å²) in [6.45, 7) is 2.57. The monoisotopic (exact) mass is 129 g/mol. The first-order chi connectivity index (χ1) is 4.29. The highest BCUT2D eigenvalue weighted by molar-refractivity contribution is 4.76. The Kier molecular flexibility index (Phi) is 2.49. The number of rotatable bonds is 3. The zero-order valence-electron chi connectivity index (χ0n) is 5.93. The first kappa shape index (κ1) is 7.03. The molecule has 1 unspecified atom stereocenters. The van der Waals surface area contributed by atoms with Gasteiger partial charge in [0.2, 0.25) is 0 Å². The third-order valence-corrected chi connectivity index (χ3v) is 1.81. The van der Waals surface area contributed by atoms with Crippen LogP contribution < -0.4 is 5.32 Å². The zero-order valence-corrected chi connectivity index (χ0v) is 5.93. The van der Waals surface area contributed by atoms with Gasteiger partial charge in [0.1, 0.15) is 0 Å². The highest BCUT2D eigenvalue weighted by Crippen LogP contribution is 2.17. The van der Waals surface area contributed by atoms with Crippen LogP contribution in [0.4, 0.5) is 0 Å². The summed E-state index contributed by atoms with van der Waals surface area (Å²) in [7, 11) is 0. The molecule has 0 aromatic carbocycles. The van der Waals surface area contributed by atoms with Crippen LogP contribution in [0, 0.1) is 0 Å². The van der Waals surface area contributed by atoms with Gasteiger partial charge in [-0.1, -0.05) is 6.42 Å². The van der Waals surface area contributed by atoms with Gasteiger partial charge in [-0.3, -0.25) is 0 Å². The van der Waals surface area contributed by atoms with E-state index < -0.39 is 0 Å². The van der Waals surface area contributed by atoms with E-state index >= 15 is 0 Å². The molecule has 2 heteroatoms. The van der Waals surface area contributed by atoms with Crippen LogP contribution >= 0.6 is 0 Å². The fourth-order valence-electron chi connectivity index (χ4n) is 0.950. The third kappa shape index (κ3) is 2.33. The molecule has 0 spiro atoms. The van der Waals surface area contributed by atoms with E-state index in [1.165, 1.54) is 19.3 Å². The lowest BCUT2D eigenvalue weighted by molar-refractivity contribution is 0.176. The predicted octanol–water partition coefficient (Wildman–Crippen LogP) is 0.509. The van der Waals surface area contributed by atoms with Gasteiger partial charge in [0.25, 0.3) is 0 Å². The van der Waals surface area contributed by atoms with Gasteiger partial charge in [-0.25, -0.2) is 0 Å². The fourth-order valence-corrected chi connectivity index (χ4v) is 0.950. The quantitative estimate of drug-likeness (QED) is 0.582. The Morgan fingerprint density at radius 2 is 2.33 bits per heavy atom. The standard InChI is InChI=1S/C7H15NO/c1-6(9)5-8-7-3-2-4-7/h6-9H,2-5H2,1H3. The zero-order chi connectivity index (χ0) is 6.69. The Hall–Kier alpha value is -0.0800. The van der Waals surface area contributed by atoms with E-state index in [-0.39, 0.29) is 6.10 Å². The van der Waals surface area contributed by atoms with Gasteiger partial charge >= 0.3 is 0 Å². The van der Waals surface area contributed by atoms with E-state index in [1.54, 1.807) is 0 Å². The van der Waals surface area contributed by atoms with Gasteiger partial charge in [-0.05, 0) is 19.8 Å². The molecule has 1 aliphatic carbocycles. The summed E-state index contributed by atoms with van der Waals surface area (Å²) in [5, 5.41) is 12.1. The summed E-state index contributed by atoms with van der Waals surface area (Å²) in [5.41, 5.74) is 0. The van der Waals surface area contributed by atoms with E-state index in [4.69, 9.17) is 5.11 Å². The molecule has 1 saturated carbocycles. The van der Waals surface area contributed by atoms with Crippen LogP contribution in [-0.2, 0) is 0 Å². The molecular formula is C7H15NO. The van der Waals surface area contributed by atoms with Crippen LogP contribution in [0.5, 0.6) is 0 Å². The first-order valence-corrected chi connectivity index (χ1v) is 3.70. The van der Waals surface area contributed by atoms with Crippen LogP contribution in [-0.4, -0.2) is 23.8 Å². The van der Waals surface area contributed by atoms with Crippen molar-refractivity contribution < 1.29 is 5.11 Å². The lowest BCUT2D eigenvalue weighted by Crippen LogP contribution is -2.38. The number of aliphatic hydroxyl groups is 1. The van der Waals surface area contributed by atoms with Crippen molar-refractivity contribution >= 4 is 0 Å². The molecule has 1 aliphatic rings. The minimum Gasteiger partial charge on any atom is -0.392 e. The average molecular weight is 129 g/mol.